The fourth-order valence-electron chi connectivity index (χ4n) is 4.54. The molecule has 0 spiro atoms. The van der Waals surface area contributed by atoms with Crippen LogP contribution in [0.4, 0.5) is 19.6 Å². The van der Waals surface area contributed by atoms with Gasteiger partial charge in [0.05, 0.1) is 21.3 Å². The predicted octanol–water partition coefficient (Wildman–Crippen LogP) is 5.09. The number of benzene rings is 2. The van der Waals surface area contributed by atoms with Crippen molar-refractivity contribution in [3.63, 3.8) is 0 Å². The molecule has 1 amide bonds. The average Bonchev–Trinajstić information content (AvgIpc) is 3.18. The van der Waals surface area contributed by atoms with Crippen LogP contribution in [-0.2, 0) is 6.42 Å². The number of halogens is 3. The number of hydrogen-bond acceptors (Lipinski definition) is 7. The lowest BCUT2D eigenvalue weighted by molar-refractivity contribution is 0.0669. The fourth-order valence-corrected chi connectivity index (χ4v) is 5.88. The van der Waals surface area contributed by atoms with E-state index in [-0.39, 0.29) is 48.2 Å². The Kier molecular flexibility index (Phi) is 5.54. The zero-order valence-corrected chi connectivity index (χ0v) is 19.8. The number of rotatable bonds is 3. The minimum absolute atomic E-state index is 0.00261. The van der Waals surface area contributed by atoms with Crippen LogP contribution in [0.15, 0.2) is 30.6 Å². The van der Waals surface area contributed by atoms with Crippen molar-refractivity contribution < 1.29 is 13.6 Å². The number of carbonyl (C=O) groups excluding carboxylic acids is 1. The van der Waals surface area contributed by atoms with Crippen molar-refractivity contribution in [2.75, 3.05) is 18.0 Å². The summed E-state index contributed by atoms with van der Waals surface area (Å²) in [5, 5.41) is 9.96. The number of fused-ring (bicyclic) bond motifs is 2. The molecule has 2 aromatic carbocycles. The Labute approximate surface area is 207 Å². The second kappa shape index (κ2) is 8.45. The van der Waals surface area contributed by atoms with E-state index in [1.54, 1.807) is 11.8 Å². The molecule has 0 bridgehead atoms. The van der Waals surface area contributed by atoms with Crippen molar-refractivity contribution in [3.05, 3.63) is 69.6 Å². The number of amides is 1. The van der Waals surface area contributed by atoms with Crippen molar-refractivity contribution in [2.45, 2.75) is 19.4 Å². The molecule has 4 N–H and O–H groups in total. The third kappa shape index (κ3) is 3.47. The summed E-state index contributed by atoms with van der Waals surface area (Å²) < 4.78 is 30.2. The van der Waals surface area contributed by atoms with E-state index in [2.05, 4.69) is 9.97 Å². The molecular weight excluding hydrogens is 494 g/mol. The summed E-state index contributed by atoms with van der Waals surface area (Å²) in [6.07, 6.45) is 3.29. The van der Waals surface area contributed by atoms with Crippen molar-refractivity contribution in [1.82, 2.24) is 14.9 Å². The van der Waals surface area contributed by atoms with Gasteiger partial charge in [-0.25, -0.2) is 13.8 Å². The van der Waals surface area contributed by atoms with Gasteiger partial charge in [0.25, 0.3) is 5.91 Å². The Morgan fingerprint density at radius 3 is 2.66 bits per heavy atom. The fraction of sp³-hybridized carbons (Fsp3) is 0.167. The van der Waals surface area contributed by atoms with E-state index in [9.17, 15) is 14.4 Å². The van der Waals surface area contributed by atoms with Crippen LogP contribution >= 0.6 is 22.9 Å². The number of anilines is 2. The highest BCUT2D eigenvalue weighted by Gasteiger charge is 2.34. The first-order chi connectivity index (χ1) is 16.7. The first-order valence-corrected chi connectivity index (χ1v) is 11.7. The number of nitriles is 1. The third-order valence-corrected chi connectivity index (χ3v) is 7.68. The zero-order chi connectivity index (χ0) is 25.0. The number of hydrogen-bond donors (Lipinski definition) is 2. The minimum Gasteiger partial charge on any atom is -0.389 e. The maximum Gasteiger partial charge on any atom is 0.254 e. The van der Waals surface area contributed by atoms with Crippen molar-refractivity contribution >= 4 is 49.7 Å². The van der Waals surface area contributed by atoms with Crippen LogP contribution in [0.5, 0.6) is 0 Å². The van der Waals surface area contributed by atoms with Crippen LogP contribution in [0.25, 0.3) is 21.2 Å². The summed E-state index contributed by atoms with van der Waals surface area (Å²) in [6, 6.07) is 5.17. The van der Waals surface area contributed by atoms with Gasteiger partial charge in [-0.15, -0.1) is 11.3 Å². The van der Waals surface area contributed by atoms with E-state index < -0.39 is 23.6 Å². The molecule has 4 aromatic rings. The summed E-state index contributed by atoms with van der Waals surface area (Å²) in [5.41, 5.74) is 13.2. The number of nitrogens with two attached hydrogens (primary N) is 2. The molecule has 176 valence electrons. The molecule has 3 heterocycles. The van der Waals surface area contributed by atoms with Crippen molar-refractivity contribution in [1.29, 1.82) is 5.26 Å². The third-order valence-electron chi connectivity index (χ3n) is 6.23. The highest BCUT2D eigenvalue weighted by molar-refractivity contribution is 7.23. The Bertz CT molecular complexity index is 1580. The number of aromatic nitrogens is 2. The molecule has 0 saturated carbocycles. The molecule has 1 unspecified atom stereocenters. The van der Waals surface area contributed by atoms with Crippen LogP contribution in [0.3, 0.4) is 0 Å². The molecule has 0 aliphatic carbocycles. The van der Waals surface area contributed by atoms with Gasteiger partial charge in [-0.2, -0.15) is 5.26 Å². The van der Waals surface area contributed by atoms with E-state index in [0.29, 0.717) is 24.2 Å². The highest BCUT2D eigenvalue weighted by Crippen LogP contribution is 2.45. The monoisotopic (exact) mass is 510 g/mol. The van der Waals surface area contributed by atoms with E-state index in [0.717, 1.165) is 17.4 Å². The van der Waals surface area contributed by atoms with Crippen LogP contribution in [0, 0.1) is 23.0 Å². The zero-order valence-electron chi connectivity index (χ0n) is 18.3. The van der Waals surface area contributed by atoms with Gasteiger partial charge in [0.1, 0.15) is 34.2 Å². The molecule has 0 fully saturated rings. The molecule has 35 heavy (non-hydrogen) atoms. The molecule has 5 rings (SSSR count). The molecule has 11 heteroatoms. The Balaban J connectivity index is 1.64. The molecule has 0 saturated heterocycles. The Morgan fingerprint density at radius 2 is 1.94 bits per heavy atom. The SMILES string of the molecule is CC(c1nccnc1N)N1CCc2c(cc(F)c(-c3ccc(F)c4sc(N)c(C#N)c34)c2Cl)C1=O. The number of nitrogens with zero attached hydrogens (tertiary/aromatic N) is 4. The molecule has 2 aromatic heterocycles. The topological polar surface area (TPSA) is 122 Å². The molecule has 0 radical (unpaired) electrons. The normalized spacial score (nSPS) is 14.1. The lowest BCUT2D eigenvalue weighted by Gasteiger charge is -2.34. The Morgan fingerprint density at radius 1 is 1.20 bits per heavy atom. The average molecular weight is 511 g/mol. The van der Waals surface area contributed by atoms with Gasteiger partial charge in [0.15, 0.2) is 0 Å². The van der Waals surface area contributed by atoms with Gasteiger partial charge in [-0.3, -0.25) is 9.78 Å². The molecule has 7 nitrogen and oxygen atoms in total. The number of nitrogen functional groups attached to an aromatic ring is 2. The summed E-state index contributed by atoms with van der Waals surface area (Å²) in [7, 11) is 0. The second-order valence-corrected chi connectivity index (χ2v) is 9.51. The number of carbonyl (C=O) groups is 1. The van der Waals surface area contributed by atoms with Gasteiger partial charge in [0.2, 0.25) is 0 Å². The smallest absolute Gasteiger partial charge is 0.254 e. The minimum atomic E-state index is -0.766. The number of thiophene rings is 1. The van der Waals surface area contributed by atoms with Crippen molar-refractivity contribution in [3.8, 4) is 17.2 Å². The van der Waals surface area contributed by atoms with Gasteiger partial charge < -0.3 is 16.4 Å². The summed E-state index contributed by atoms with van der Waals surface area (Å²) in [4.78, 5) is 23.2. The molecule has 1 aliphatic rings. The van der Waals surface area contributed by atoms with Gasteiger partial charge in [-0.05, 0) is 36.6 Å². The largest absolute Gasteiger partial charge is 0.389 e. The molecular formula is C24H17ClF2N6OS. The van der Waals surface area contributed by atoms with Crippen LogP contribution in [-0.4, -0.2) is 27.3 Å². The lowest BCUT2D eigenvalue weighted by Crippen LogP contribution is -2.40. The Hall–Kier alpha value is -3.81. The summed E-state index contributed by atoms with van der Waals surface area (Å²) in [6.45, 7) is 2.07. The van der Waals surface area contributed by atoms with E-state index in [4.69, 9.17) is 23.1 Å². The summed E-state index contributed by atoms with van der Waals surface area (Å²) in [5.74, 6) is -1.54. The van der Waals surface area contributed by atoms with Gasteiger partial charge >= 0.3 is 0 Å². The van der Waals surface area contributed by atoms with Gasteiger partial charge in [0, 0.05) is 35.5 Å². The van der Waals surface area contributed by atoms with E-state index in [1.165, 1.54) is 24.5 Å². The van der Waals surface area contributed by atoms with Crippen molar-refractivity contribution in [2.24, 2.45) is 0 Å². The standard InChI is InChI=1S/C24H17ClF2N6OS/c1-10(20-22(29)32-6-5-31-20)33-7-4-11-13(24(33)34)8-16(27)18(19(11)25)12-2-3-15(26)21-17(12)14(9-28)23(30)35-21/h2-3,5-6,8,10H,4,7,30H2,1H3,(H2,29,32). The van der Waals surface area contributed by atoms with Crippen LogP contribution in [0.1, 0.15) is 40.1 Å². The maximum atomic E-state index is 15.6. The summed E-state index contributed by atoms with van der Waals surface area (Å²) >= 11 is 7.60. The first-order valence-electron chi connectivity index (χ1n) is 10.5. The molecule has 1 atom stereocenters. The van der Waals surface area contributed by atoms with Crippen LogP contribution in [0.2, 0.25) is 5.02 Å². The first kappa shape index (κ1) is 23.0. The second-order valence-electron chi connectivity index (χ2n) is 8.08. The highest BCUT2D eigenvalue weighted by atomic mass is 35.5. The van der Waals surface area contributed by atoms with Crippen LogP contribution < -0.4 is 11.5 Å². The maximum absolute atomic E-state index is 15.6. The lowest BCUT2D eigenvalue weighted by atomic mass is 9.90. The van der Waals surface area contributed by atoms with E-state index >= 15 is 4.39 Å². The van der Waals surface area contributed by atoms with Gasteiger partial charge in [-0.1, -0.05) is 17.7 Å². The van der Waals surface area contributed by atoms with E-state index in [1.807, 2.05) is 6.07 Å². The quantitative estimate of drug-likeness (QED) is 0.396. The predicted molar refractivity (Wildman–Crippen MR) is 131 cm³/mol. The molecule has 1 aliphatic heterocycles.